The SMILES string of the molecule is CS(=O)(=O)c1cccc(NC2CCNC2)c1. The smallest absolute Gasteiger partial charge is 0.175 e. The fourth-order valence-corrected chi connectivity index (χ4v) is 2.50. The normalized spacial score (nSPS) is 20.9. The molecule has 1 saturated heterocycles. The lowest BCUT2D eigenvalue weighted by atomic mass is 10.2. The molecular formula is C11H16N2O2S. The predicted molar refractivity (Wildman–Crippen MR) is 64.4 cm³/mol. The Morgan fingerprint density at radius 3 is 2.88 bits per heavy atom. The average Bonchev–Trinajstić information content (AvgIpc) is 2.70. The molecule has 0 aromatic heterocycles. The van der Waals surface area contributed by atoms with Gasteiger partial charge >= 0.3 is 0 Å². The highest BCUT2D eigenvalue weighted by molar-refractivity contribution is 7.90. The van der Waals surface area contributed by atoms with E-state index in [1.165, 1.54) is 6.26 Å². The van der Waals surface area contributed by atoms with E-state index >= 15 is 0 Å². The second-order valence-electron chi connectivity index (χ2n) is 4.13. The van der Waals surface area contributed by atoms with Gasteiger partial charge in [-0.15, -0.1) is 0 Å². The Morgan fingerprint density at radius 1 is 1.44 bits per heavy atom. The second kappa shape index (κ2) is 4.43. The molecule has 1 unspecified atom stereocenters. The minimum absolute atomic E-state index is 0.364. The molecule has 0 aliphatic carbocycles. The van der Waals surface area contributed by atoms with E-state index in [1.807, 2.05) is 6.07 Å². The maximum absolute atomic E-state index is 11.4. The van der Waals surface area contributed by atoms with Gasteiger partial charge in [0.25, 0.3) is 0 Å². The van der Waals surface area contributed by atoms with E-state index in [0.717, 1.165) is 25.2 Å². The zero-order chi connectivity index (χ0) is 11.6. The van der Waals surface area contributed by atoms with Crippen LogP contribution in [0.25, 0.3) is 0 Å². The molecule has 0 saturated carbocycles. The first-order chi connectivity index (χ1) is 7.55. The van der Waals surface area contributed by atoms with Crippen molar-refractivity contribution in [3.63, 3.8) is 0 Å². The predicted octanol–water partition coefficient (Wildman–Crippen LogP) is 0.864. The Kier molecular flexibility index (Phi) is 3.16. The molecule has 1 aromatic rings. The van der Waals surface area contributed by atoms with Gasteiger partial charge in [-0.25, -0.2) is 8.42 Å². The molecule has 1 heterocycles. The molecule has 1 atom stereocenters. The molecule has 2 rings (SSSR count). The zero-order valence-electron chi connectivity index (χ0n) is 9.23. The Labute approximate surface area is 96.0 Å². The lowest BCUT2D eigenvalue weighted by Crippen LogP contribution is -2.22. The Morgan fingerprint density at radius 2 is 2.25 bits per heavy atom. The molecule has 0 radical (unpaired) electrons. The first kappa shape index (κ1) is 11.4. The van der Waals surface area contributed by atoms with E-state index < -0.39 is 9.84 Å². The van der Waals surface area contributed by atoms with Crippen LogP contribution in [0.2, 0.25) is 0 Å². The summed E-state index contributed by atoms with van der Waals surface area (Å²) in [5.41, 5.74) is 0.872. The molecule has 1 aliphatic heterocycles. The van der Waals surface area contributed by atoms with E-state index in [4.69, 9.17) is 0 Å². The fourth-order valence-electron chi connectivity index (χ4n) is 1.83. The number of sulfone groups is 1. The van der Waals surface area contributed by atoms with Crippen molar-refractivity contribution >= 4 is 15.5 Å². The monoisotopic (exact) mass is 240 g/mol. The minimum Gasteiger partial charge on any atom is -0.381 e. The summed E-state index contributed by atoms with van der Waals surface area (Å²) in [4.78, 5) is 0.364. The lowest BCUT2D eigenvalue weighted by Gasteiger charge is -2.13. The first-order valence-electron chi connectivity index (χ1n) is 5.33. The van der Waals surface area contributed by atoms with Crippen LogP contribution >= 0.6 is 0 Å². The van der Waals surface area contributed by atoms with E-state index in [0.29, 0.717) is 10.9 Å². The zero-order valence-corrected chi connectivity index (χ0v) is 10.0. The third kappa shape index (κ3) is 2.74. The molecule has 0 amide bonds. The Bertz CT molecular complexity index is 465. The van der Waals surface area contributed by atoms with Crippen LogP contribution in [0.3, 0.4) is 0 Å². The van der Waals surface area contributed by atoms with Crippen LogP contribution in [0, 0.1) is 0 Å². The molecule has 0 spiro atoms. The summed E-state index contributed by atoms with van der Waals surface area (Å²) in [6.45, 7) is 1.95. The van der Waals surface area contributed by atoms with E-state index in [9.17, 15) is 8.42 Å². The molecule has 2 N–H and O–H groups in total. The molecule has 0 bridgehead atoms. The summed E-state index contributed by atoms with van der Waals surface area (Å²) in [6.07, 6.45) is 2.30. The maximum Gasteiger partial charge on any atom is 0.175 e. The molecule has 16 heavy (non-hydrogen) atoms. The molecule has 1 fully saturated rings. The summed E-state index contributed by atoms with van der Waals surface area (Å²) in [5.74, 6) is 0. The van der Waals surface area contributed by atoms with Crippen molar-refractivity contribution in [1.82, 2.24) is 5.32 Å². The van der Waals surface area contributed by atoms with Crippen LogP contribution in [-0.2, 0) is 9.84 Å². The summed E-state index contributed by atoms with van der Waals surface area (Å²) >= 11 is 0. The average molecular weight is 240 g/mol. The molecular weight excluding hydrogens is 224 g/mol. The van der Waals surface area contributed by atoms with Crippen molar-refractivity contribution < 1.29 is 8.42 Å². The highest BCUT2D eigenvalue weighted by Crippen LogP contribution is 2.17. The van der Waals surface area contributed by atoms with Gasteiger partial charge in [-0.05, 0) is 31.2 Å². The van der Waals surface area contributed by atoms with Crippen molar-refractivity contribution in [2.75, 3.05) is 24.7 Å². The van der Waals surface area contributed by atoms with E-state index in [1.54, 1.807) is 18.2 Å². The number of hydrogen-bond donors (Lipinski definition) is 2. The van der Waals surface area contributed by atoms with Crippen LogP contribution < -0.4 is 10.6 Å². The fraction of sp³-hybridized carbons (Fsp3) is 0.455. The van der Waals surface area contributed by atoms with Crippen molar-refractivity contribution in [3.05, 3.63) is 24.3 Å². The van der Waals surface area contributed by atoms with Gasteiger partial charge in [0.05, 0.1) is 4.90 Å². The molecule has 5 heteroatoms. The van der Waals surface area contributed by atoms with Crippen molar-refractivity contribution in [2.45, 2.75) is 17.4 Å². The van der Waals surface area contributed by atoms with Gasteiger partial charge in [0.15, 0.2) is 9.84 Å². The van der Waals surface area contributed by atoms with Crippen molar-refractivity contribution in [3.8, 4) is 0 Å². The molecule has 4 nitrogen and oxygen atoms in total. The van der Waals surface area contributed by atoms with Crippen molar-refractivity contribution in [1.29, 1.82) is 0 Å². The van der Waals surface area contributed by atoms with Crippen LogP contribution in [0.4, 0.5) is 5.69 Å². The van der Waals surface area contributed by atoms with Gasteiger partial charge < -0.3 is 10.6 Å². The minimum atomic E-state index is -3.11. The Hall–Kier alpha value is -1.07. The molecule has 1 aliphatic rings. The third-order valence-electron chi connectivity index (χ3n) is 2.69. The van der Waals surface area contributed by atoms with Gasteiger partial charge in [-0.1, -0.05) is 6.07 Å². The van der Waals surface area contributed by atoms with Crippen LogP contribution in [0.5, 0.6) is 0 Å². The highest BCUT2D eigenvalue weighted by Gasteiger charge is 2.14. The summed E-state index contributed by atoms with van der Waals surface area (Å²) in [6, 6.07) is 7.37. The number of anilines is 1. The standard InChI is InChI=1S/C11H16N2O2S/c1-16(14,15)11-4-2-3-9(7-11)13-10-5-6-12-8-10/h2-4,7,10,12-13H,5-6,8H2,1H3. The lowest BCUT2D eigenvalue weighted by molar-refractivity contribution is 0.602. The van der Waals surface area contributed by atoms with E-state index in [-0.39, 0.29) is 0 Å². The van der Waals surface area contributed by atoms with Gasteiger partial charge in [0, 0.05) is 24.5 Å². The number of hydrogen-bond acceptors (Lipinski definition) is 4. The molecule has 88 valence electrons. The van der Waals surface area contributed by atoms with Crippen molar-refractivity contribution in [2.24, 2.45) is 0 Å². The summed E-state index contributed by atoms with van der Waals surface area (Å²) in [5, 5.41) is 6.58. The summed E-state index contributed by atoms with van der Waals surface area (Å²) < 4.78 is 22.8. The van der Waals surface area contributed by atoms with Crippen LogP contribution in [0.1, 0.15) is 6.42 Å². The number of benzene rings is 1. The quantitative estimate of drug-likeness (QED) is 0.823. The first-order valence-corrected chi connectivity index (χ1v) is 7.22. The van der Waals surface area contributed by atoms with Crippen LogP contribution in [0.15, 0.2) is 29.2 Å². The van der Waals surface area contributed by atoms with Crippen LogP contribution in [-0.4, -0.2) is 33.8 Å². The number of nitrogens with one attached hydrogen (secondary N) is 2. The van der Waals surface area contributed by atoms with Gasteiger partial charge in [0.2, 0.25) is 0 Å². The molecule has 1 aromatic carbocycles. The largest absolute Gasteiger partial charge is 0.381 e. The summed E-state index contributed by atoms with van der Waals surface area (Å²) in [7, 11) is -3.11. The maximum atomic E-state index is 11.4. The number of rotatable bonds is 3. The Balaban J connectivity index is 2.16. The van der Waals surface area contributed by atoms with Gasteiger partial charge in [0.1, 0.15) is 0 Å². The highest BCUT2D eigenvalue weighted by atomic mass is 32.2. The topological polar surface area (TPSA) is 58.2 Å². The van der Waals surface area contributed by atoms with Gasteiger partial charge in [-0.3, -0.25) is 0 Å². The van der Waals surface area contributed by atoms with E-state index in [2.05, 4.69) is 10.6 Å². The second-order valence-corrected chi connectivity index (χ2v) is 6.15. The third-order valence-corrected chi connectivity index (χ3v) is 3.80. The van der Waals surface area contributed by atoms with Gasteiger partial charge in [-0.2, -0.15) is 0 Å².